The van der Waals surface area contributed by atoms with Crippen molar-refractivity contribution >= 4 is 23.8 Å². The Labute approximate surface area is 99.7 Å². The van der Waals surface area contributed by atoms with E-state index in [4.69, 9.17) is 0 Å². The van der Waals surface area contributed by atoms with Crippen molar-refractivity contribution in [3.05, 3.63) is 0 Å². The number of hydrogen-bond acceptors (Lipinski definition) is 4. The molecule has 0 spiro atoms. The Bertz CT molecular complexity index is 242. The Balaban J connectivity index is 2.04. The van der Waals surface area contributed by atoms with E-state index in [1.165, 1.54) is 12.2 Å². The molecule has 1 atom stereocenters. The van der Waals surface area contributed by atoms with Crippen LogP contribution in [-0.2, 0) is 9.53 Å². The van der Waals surface area contributed by atoms with Crippen LogP contribution in [0.15, 0.2) is 0 Å². The lowest BCUT2D eigenvalue weighted by atomic mass is 10.2. The molecule has 1 rings (SSSR count). The number of hydrogen-bond donors (Lipinski definition) is 2. The lowest BCUT2D eigenvalue weighted by Gasteiger charge is -2.10. The van der Waals surface area contributed by atoms with Gasteiger partial charge in [-0.05, 0) is 25.5 Å². The maximum Gasteiger partial charge on any atom is 0.325 e. The maximum absolute atomic E-state index is 11.3. The maximum atomic E-state index is 11.3. The fourth-order valence-corrected chi connectivity index (χ4v) is 2.64. The highest BCUT2D eigenvalue weighted by molar-refractivity contribution is 8.00. The van der Waals surface area contributed by atoms with Crippen molar-refractivity contribution in [2.24, 2.45) is 0 Å². The molecule has 16 heavy (non-hydrogen) atoms. The molecule has 92 valence electrons. The van der Waals surface area contributed by atoms with E-state index in [1.807, 2.05) is 11.8 Å². The minimum atomic E-state index is -0.409. The van der Waals surface area contributed by atoms with Crippen molar-refractivity contribution < 1.29 is 14.3 Å². The van der Waals surface area contributed by atoms with Gasteiger partial charge in [-0.3, -0.25) is 4.79 Å². The third-order valence-electron chi connectivity index (χ3n) is 2.21. The molecule has 1 aliphatic rings. The third kappa shape index (κ3) is 5.25. The summed E-state index contributed by atoms with van der Waals surface area (Å²) in [6.07, 6.45) is 2.38. The number of thioether (sulfide) groups is 1. The second-order valence-corrected chi connectivity index (χ2v) is 4.91. The average Bonchev–Trinajstić information content (AvgIpc) is 2.77. The van der Waals surface area contributed by atoms with E-state index in [0.29, 0.717) is 18.4 Å². The molecule has 1 saturated heterocycles. The van der Waals surface area contributed by atoms with Gasteiger partial charge in [0.1, 0.15) is 6.54 Å². The molecule has 0 aromatic heterocycles. The normalized spacial score (nSPS) is 19.2. The van der Waals surface area contributed by atoms with E-state index in [2.05, 4.69) is 15.4 Å². The van der Waals surface area contributed by atoms with Gasteiger partial charge >= 0.3 is 12.0 Å². The van der Waals surface area contributed by atoms with Crippen LogP contribution in [0.25, 0.3) is 0 Å². The first kappa shape index (κ1) is 13.2. The van der Waals surface area contributed by atoms with Gasteiger partial charge < -0.3 is 15.4 Å². The number of urea groups is 1. The molecule has 1 aliphatic heterocycles. The largest absolute Gasteiger partial charge is 0.465 e. The fraction of sp³-hybridized carbons (Fsp3) is 0.800. The third-order valence-corrected chi connectivity index (χ3v) is 3.61. The quantitative estimate of drug-likeness (QED) is 0.702. The number of nitrogens with one attached hydrogen (secondary N) is 2. The molecule has 0 aromatic carbocycles. The number of ether oxygens (including phenoxy) is 1. The Hall–Kier alpha value is -0.910. The van der Waals surface area contributed by atoms with Gasteiger partial charge in [0.25, 0.3) is 0 Å². The van der Waals surface area contributed by atoms with Gasteiger partial charge in [-0.2, -0.15) is 11.8 Å². The summed E-state index contributed by atoms with van der Waals surface area (Å²) in [7, 11) is 0. The highest BCUT2D eigenvalue weighted by Gasteiger charge is 2.16. The van der Waals surface area contributed by atoms with E-state index < -0.39 is 5.97 Å². The van der Waals surface area contributed by atoms with Crippen LogP contribution in [0.4, 0.5) is 4.79 Å². The Kier molecular flexibility index (Phi) is 6.07. The van der Waals surface area contributed by atoms with Crippen molar-refractivity contribution in [2.75, 3.05) is 25.4 Å². The number of carbonyl (C=O) groups is 2. The molecule has 0 radical (unpaired) electrons. The second kappa shape index (κ2) is 7.38. The summed E-state index contributed by atoms with van der Waals surface area (Å²) in [5, 5.41) is 5.72. The number of amides is 2. The predicted molar refractivity (Wildman–Crippen MR) is 63.5 cm³/mol. The molecular formula is C10H18N2O3S. The number of carbonyl (C=O) groups excluding carboxylic acids is 2. The van der Waals surface area contributed by atoms with Crippen molar-refractivity contribution in [1.29, 1.82) is 0 Å². The summed E-state index contributed by atoms with van der Waals surface area (Å²) >= 11 is 1.88. The first-order valence-corrected chi connectivity index (χ1v) is 6.56. The van der Waals surface area contributed by atoms with Gasteiger partial charge in [0.15, 0.2) is 0 Å². The van der Waals surface area contributed by atoms with Gasteiger partial charge in [-0.25, -0.2) is 4.79 Å². The molecule has 2 amide bonds. The molecule has 0 bridgehead atoms. The van der Waals surface area contributed by atoms with Gasteiger partial charge in [-0.15, -0.1) is 0 Å². The predicted octanol–water partition coefficient (Wildman–Crippen LogP) is 0.744. The van der Waals surface area contributed by atoms with Crippen LogP contribution in [-0.4, -0.2) is 42.7 Å². The standard InChI is InChI=1S/C10H18N2O3S/c1-2-15-9(13)7-12-10(14)11-6-8-4-3-5-16-8/h8H,2-7H2,1H3,(H2,11,12,14). The minimum absolute atomic E-state index is 0.0719. The zero-order valence-electron chi connectivity index (χ0n) is 9.45. The van der Waals surface area contributed by atoms with Gasteiger partial charge in [0.2, 0.25) is 0 Å². The van der Waals surface area contributed by atoms with Crippen molar-refractivity contribution in [2.45, 2.75) is 25.0 Å². The molecule has 1 unspecified atom stereocenters. The number of rotatable bonds is 5. The minimum Gasteiger partial charge on any atom is -0.465 e. The molecule has 6 heteroatoms. The smallest absolute Gasteiger partial charge is 0.325 e. The van der Waals surface area contributed by atoms with Gasteiger partial charge in [0.05, 0.1) is 6.61 Å². The second-order valence-electron chi connectivity index (χ2n) is 3.50. The molecule has 0 aliphatic carbocycles. The molecule has 2 N–H and O–H groups in total. The van der Waals surface area contributed by atoms with Crippen LogP contribution in [0.1, 0.15) is 19.8 Å². The highest BCUT2D eigenvalue weighted by Crippen LogP contribution is 2.24. The van der Waals surface area contributed by atoms with E-state index >= 15 is 0 Å². The zero-order valence-corrected chi connectivity index (χ0v) is 10.3. The molecule has 0 aromatic rings. The highest BCUT2D eigenvalue weighted by atomic mass is 32.2. The molecule has 1 fully saturated rings. The van der Waals surface area contributed by atoms with Crippen LogP contribution in [0.3, 0.4) is 0 Å². The van der Waals surface area contributed by atoms with Gasteiger partial charge in [-0.1, -0.05) is 0 Å². The summed E-state index contributed by atoms with van der Waals surface area (Å²) in [6.45, 7) is 2.66. The monoisotopic (exact) mass is 246 g/mol. The van der Waals surface area contributed by atoms with Crippen molar-refractivity contribution in [1.82, 2.24) is 10.6 Å². The Morgan fingerprint density at radius 3 is 2.88 bits per heavy atom. The summed E-state index contributed by atoms with van der Waals surface area (Å²) in [5.41, 5.74) is 0. The van der Waals surface area contributed by atoms with E-state index in [-0.39, 0.29) is 12.6 Å². The lowest BCUT2D eigenvalue weighted by molar-refractivity contribution is -0.141. The number of esters is 1. The first-order valence-electron chi connectivity index (χ1n) is 5.51. The Morgan fingerprint density at radius 1 is 1.44 bits per heavy atom. The van der Waals surface area contributed by atoms with Crippen LogP contribution in [0, 0.1) is 0 Å². The lowest BCUT2D eigenvalue weighted by Crippen LogP contribution is -2.41. The van der Waals surface area contributed by atoms with Crippen LogP contribution in [0.2, 0.25) is 0 Å². The fourth-order valence-electron chi connectivity index (χ4n) is 1.44. The summed E-state index contributed by atoms with van der Waals surface area (Å²) in [5.74, 6) is 0.768. The van der Waals surface area contributed by atoms with Crippen LogP contribution >= 0.6 is 11.8 Å². The average molecular weight is 246 g/mol. The molecular weight excluding hydrogens is 228 g/mol. The molecule has 5 nitrogen and oxygen atoms in total. The van der Waals surface area contributed by atoms with Crippen molar-refractivity contribution in [3.8, 4) is 0 Å². The van der Waals surface area contributed by atoms with E-state index in [1.54, 1.807) is 6.92 Å². The summed E-state index contributed by atoms with van der Waals surface area (Å²) in [4.78, 5) is 22.2. The summed E-state index contributed by atoms with van der Waals surface area (Å²) < 4.78 is 4.68. The molecule has 0 saturated carbocycles. The Morgan fingerprint density at radius 2 is 2.25 bits per heavy atom. The van der Waals surface area contributed by atoms with E-state index in [9.17, 15) is 9.59 Å². The van der Waals surface area contributed by atoms with Crippen LogP contribution < -0.4 is 10.6 Å². The first-order chi connectivity index (χ1) is 7.72. The molecule has 1 heterocycles. The van der Waals surface area contributed by atoms with E-state index in [0.717, 1.165) is 6.42 Å². The van der Waals surface area contributed by atoms with Gasteiger partial charge in [0, 0.05) is 11.8 Å². The van der Waals surface area contributed by atoms with Crippen molar-refractivity contribution in [3.63, 3.8) is 0 Å². The topological polar surface area (TPSA) is 67.4 Å². The van der Waals surface area contributed by atoms with Crippen LogP contribution in [0.5, 0.6) is 0 Å². The SMILES string of the molecule is CCOC(=O)CNC(=O)NCC1CCCS1. The zero-order chi connectivity index (χ0) is 11.8. The summed E-state index contributed by atoms with van der Waals surface area (Å²) in [6, 6.07) is -0.305.